The molecule has 1 N–H and O–H groups in total. The molecule has 0 atom stereocenters. The Bertz CT molecular complexity index is 264. The molecule has 0 aromatic carbocycles. The van der Waals surface area contributed by atoms with Crippen molar-refractivity contribution in [2.24, 2.45) is 0 Å². The largest absolute Gasteiger partial charge is 0.481 e. The first-order valence-corrected chi connectivity index (χ1v) is 3.48. The van der Waals surface area contributed by atoms with Crippen LogP contribution in [0.4, 0.5) is 0 Å². The van der Waals surface area contributed by atoms with E-state index in [0.29, 0.717) is 12.2 Å². The Morgan fingerprint density at radius 3 is 2.83 bits per heavy atom. The lowest BCUT2D eigenvalue weighted by Crippen LogP contribution is -2.01. The SMILES string of the molecule is COCc1cocc1CC(=O)O. The number of furan rings is 1. The summed E-state index contributed by atoms with van der Waals surface area (Å²) in [6, 6.07) is 0. The first-order valence-electron chi connectivity index (χ1n) is 3.48. The molecule has 0 spiro atoms. The van der Waals surface area contributed by atoms with Crippen molar-refractivity contribution >= 4 is 5.97 Å². The van der Waals surface area contributed by atoms with Gasteiger partial charge in [-0.15, -0.1) is 0 Å². The van der Waals surface area contributed by atoms with Gasteiger partial charge in [-0.05, 0) is 0 Å². The molecule has 1 rings (SSSR count). The van der Waals surface area contributed by atoms with Crippen molar-refractivity contribution < 1.29 is 19.1 Å². The molecule has 0 unspecified atom stereocenters. The first-order chi connectivity index (χ1) is 5.74. The van der Waals surface area contributed by atoms with Crippen molar-refractivity contribution in [1.29, 1.82) is 0 Å². The Labute approximate surface area is 69.8 Å². The van der Waals surface area contributed by atoms with E-state index in [1.807, 2.05) is 0 Å². The number of aliphatic carboxylic acids is 1. The topological polar surface area (TPSA) is 59.7 Å². The van der Waals surface area contributed by atoms with Crippen LogP contribution in [0.2, 0.25) is 0 Å². The lowest BCUT2D eigenvalue weighted by Gasteiger charge is -1.97. The molecule has 4 heteroatoms. The maximum absolute atomic E-state index is 10.3. The van der Waals surface area contributed by atoms with Crippen LogP contribution in [-0.4, -0.2) is 18.2 Å². The Balaban J connectivity index is 2.69. The third kappa shape index (κ3) is 2.10. The zero-order valence-corrected chi connectivity index (χ0v) is 6.74. The highest BCUT2D eigenvalue weighted by Crippen LogP contribution is 2.11. The van der Waals surface area contributed by atoms with Crippen molar-refractivity contribution in [3.05, 3.63) is 23.7 Å². The number of hydrogen-bond acceptors (Lipinski definition) is 3. The van der Waals surface area contributed by atoms with E-state index in [1.54, 1.807) is 7.11 Å². The van der Waals surface area contributed by atoms with Gasteiger partial charge in [-0.3, -0.25) is 4.79 Å². The maximum Gasteiger partial charge on any atom is 0.307 e. The highest BCUT2D eigenvalue weighted by Gasteiger charge is 2.08. The van der Waals surface area contributed by atoms with Gasteiger partial charge in [0.25, 0.3) is 0 Å². The number of carboxylic acids is 1. The van der Waals surface area contributed by atoms with Crippen LogP contribution in [-0.2, 0) is 22.6 Å². The Morgan fingerprint density at radius 2 is 2.25 bits per heavy atom. The monoisotopic (exact) mass is 170 g/mol. The second-order valence-corrected chi connectivity index (χ2v) is 2.43. The molecule has 1 aromatic heterocycles. The third-order valence-corrected chi connectivity index (χ3v) is 1.47. The number of carbonyl (C=O) groups is 1. The highest BCUT2D eigenvalue weighted by atomic mass is 16.5. The van der Waals surface area contributed by atoms with Gasteiger partial charge in [0, 0.05) is 18.2 Å². The van der Waals surface area contributed by atoms with Crippen molar-refractivity contribution in [2.75, 3.05) is 7.11 Å². The summed E-state index contributed by atoms with van der Waals surface area (Å²) in [5.41, 5.74) is 1.46. The quantitative estimate of drug-likeness (QED) is 0.733. The second-order valence-electron chi connectivity index (χ2n) is 2.43. The fourth-order valence-electron chi connectivity index (χ4n) is 0.950. The minimum Gasteiger partial charge on any atom is -0.481 e. The summed E-state index contributed by atoms with van der Waals surface area (Å²) < 4.78 is 9.71. The summed E-state index contributed by atoms with van der Waals surface area (Å²) in [5.74, 6) is -0.867. The maximum atomic E-state index is 10.3. The molecule has 66 valence electrons. The summed E-state index contributed by atoms with van der Waals surface area (Å²) in [6.45, 7) is 0.388. The molecular formula is C8H10O4. The van der Waals surface area contributed by atoms with Crippen LogP contribution < -0.4 is 0 Å². The van der Waals surface area contributed by atoms with Crippen LogP contribution in [0.1, 0.15) is 11.1 Å². The first kappa shape index (κ1) is 8.80. The molecule has 12 heavy (non-hydrogen) atoms. The summed E-state index contributed by atoms with van der Waals surface area (Å²) in [4.78, 5) is 10.3. The fraction of sp³-hybridized carbons (Fsp3) is 0.375. The van der Waals surface area contributed by atoms with Crippen molar-refractivity contribution in [1.82, 2.24) is 0 Å². The van der Waals surface area contributed by atoms with Crippen molar-refractivity contribution in [2.45, 2.75) is 13.0 Å². The van der Waals surface area contributed by atoms with E-state index >= 15 is 0 Å². The number of rotatable bonds is 4. The molecule has 0 aliphatic carbocycles. The molecule has 0 radical (unpaired) electrons. The van der Waals surface area contributed by atoms with Crippen molar-refractivity contribution in [3.8, 4) is 0 Å². The summed E-state index contributed by atoms with van der Waals surface area (Å²) in [7, 11) is 1.55. The van der Waals surface area contributed by atoms with Crippen LogP contribution in [0.5, 0.6) is 0 Å². The van der Waals surface area contributed by atoms with Gasteiger partial charge in [0.1, 0.15) is 0 Å². The molecule has 1 aromatic rings. The molecule has 0 aliphatic rings. The molecule has 0 fully saturated rings. The zero-order chi connectivity index (χ0) is 8.97. The van der Waals surface area contributed by atoms with Gasteiger partial charge in [-0.2, -0.15) is 0 Å². The van der Waals surface area contributed by atoms with Gasteiger partial charge in [-0.25, -0.2) is 0 Å². The predicted molar refractivity (Wildman–Crippen MR) is 40.8 cm³/mol. The van der Waals surface area contributed by atoms with E-state index in [4.69, 9.17) is 14.3 Å². The number of carboxylic acid groups (broad SMARTS) is 1. The van der Waals surface area contributed by atoms with Crippen LogP contribution in [0.25, 0.3) is 0 Å². The molecule has 1 heterocycles. The van der Waals surface area contributed by atoms with Crippen molar-refractivity contribution in [3.63, 3.8) is 0 Å². The third-order valence-electron chi connectivity index (χ3n) is 1.47. The molecule has 0 aliphatic heterocycles. The van der Waals surface area contributed by atoms with E-state index < -0.39 is 5.97 Å². The number of hydrogen-bond donors (Lipinski definition) is 1. The van der Waals surface area contributed by atoms with Gasteiger partial charge in [0.05, 0.1) is 25.6 Å². The second kappa shape index (κ2) is 3.92. The lowest BCUT2D eigenvalue weighted by molar-refractivity contribution is -0.136. The van der Waals surface area contributed by atoms with Gasteiger partial charge in [0.2, 0.25) is 0 Å². The van der Waals surface area contributed by atoms with Gasteiger partial charge >= 0.3 is 5.97 Å². The molecule has 0 saturated carbocycles. The Kier molecular flexibility index (Phi) is 2.88. The normalized spacial score (nSPS) is 10.1. The molecule has 0 saturated heterocycles. The standard InChI is InChI=1S/C8H10O4/c1-11-3-7-5-12-4-6(7)2-8(9)10/h4-5H,2-3H2,1H3,(H,9,10). The van der Waals surface area contributed by atoms with Gasteiger partial charge in [-0.1, -0.05) is 0 Å². The lowest BCUT2D eigenvalue weighted by atomic mass is 10.1. The van der Waals surface area contributed by atoms with E-state index in [9.17, 15) is 4.79 Å². The van der Waals surface area contributed by atoms with Crippen LogP contribution in [0.3, 0.4) is 0 Å². The zero-order valence-electron chi connectivity index (χ0n) is 6.74. The number of methoxy groups -OCH3 is 1. The average molecular weight is 170 g/mol. The smallest absolute Gasteiger partial charge is 0.307 e. The minimum absolute atomic E-state index is 0.0187. The molecule has 4 nitrogen and oxygen atoms in total. The Morgan fingerprint density at radius 1 is 1.58 bits per heavy atom. The average Bonchev–Trinajstić information content (AvgIpc) is 2.37. The predicted octanol–water partition coefficient (Wildman–Crippen LogP) is 1.05. The van der Waals surface area contributed by atoms with Gasteiger partial charge in [0.15, 0.2) is 0 Å². The van der Waals surface area contributed by atoms with E-state index in [2.05, 4.69) is 0 Å². The van der Waals surface area contributed by atoms with E-state index in [-0.39, 0.29) is 6.42 Å². The summed E-state index contributed by atoms with van der Waals surface area (Å²) in [5, 5.41) is 8.50. The summed E-state index contributed by atoms with van der Waals surface area (Å²) >= 11 is 0. The minimum atomic E-state index is -0.867. The van der Waals surface area contributed by atoms with Crippen LogP contribution >= 0.6 is 0 Å². The van der Waals surface area contributed by atoms with Crippen LogP contribution in [0, 0.1) is 0 Å². The highest BCUT2D eigenvalue weighted by molar-refractivity contribution is 5.70. The van der Waals surface area contributed by atoms with E-state index in [1.165, 1.54) is 12.5 Å². The fourth-order valence-corrected chi connectivity index (χ4v) is 0.950. The summed E-state index contributed by atoms with van der Waals surface area (Å²) in [6.07, 6.45) is 2.92. The molecular weight excluding hydrogens is 160 g/mol. The van der Waals surface area contributed by atoms with Crippen LogP contribution in [0.15, 0.2) is 16.9 Å². The number of ether oxygens (including phenoxy) is 1. The van der Waals surface area contributed by atoms with E-state index in [0.717, 1.165) is 5.56 Å². The van der Waals surface area contributed by atoms with Gasteiger partial charge < -0.3 is 14.3 Å². The Hall–Kier alpha value is -1.29. The molecule has 0 bridgehead atoms. The molecule has 0 amide bonds.